The highest BCUT2D eigenvalue weighted by atomic mass is 16.4. The number of carbonyl (C=O) groups is 5. The summed E-state index contributed by atoms with van der Waals surface area (Å²) in [6, 6.07) is 2.02. The largest absolute Gasteiger partial charge is 0.508 e. The van der Waals surface area contributed by atoms with Gasteiger partial charge < -0.3 is 48.5 Å². The van der Waals surface area contributed by atoms with Crippen molar-refractivity contribution in [1.29, 1.82) is 0 Å². The minimum absolute atomic E-state index is 0.0500. The van der Waals surface area contributed by atoms with Gasteiger partial charge in [0.05, 0.1) is 19.0 Å². The fraction of sp³-hybridized carbons (Fsp3) is 0.429. The molecule has 15 heteroatoms. The Labute approximate surface area is 206 Å². The Kier molecular flexibility index (Phi) is 12.2. The molecule has 0 heterocycles. The average molecular weight is 510 g/mol. The molecule has 0 aliphatic heterocycles. The molecule has 0 bridgehead atoms. The normalized spacial score (nSPS) is 12.9. The van der Waals surface area contributed by atoms with Gasteiger partial charge in [0.15, 0.2) is 5.96 Å². The first-order chi connectivity index (χ1) is 16.9. The molecule has 0 saturated carbocycles. The molecule has 0 aliphatic rings. The van der Waals surface area contributed by atoms with Crippen LogP contribution in [-0.2, 0) is 30.4 Å². The Morgan fingerprint density at radius 3 is 2.14 bits per heavy atom. The number of carboxylic acids is 2. The standard InChI is InChI=1S/C21H31N7O8/c22-13(8-11-3-5-12(29)6-4-11)18(33)26-10-16(30)27-15(9-17(31)32)19(34)28-14(20(35)36)2-1-7-25-21(23)24/h3-6,13-15,29H,1-2,7-10,22H2,(H,26,33)(H,27,30)(H,28,34)(H,31,32)(H,35,36)(H4,23,24,25). The quantitative estimate of drug-likeness (QED) is 0.0651. The molecule has 3 unspecified atom stereocenters. The van der Waals surface area contributed by atoms with E-state index in [0.717, 1.165) is 0 Å². The minimum Gasteiger partial charge on any atom is -0.508 e. The van der Waals surface area contributed by atoms with Crippen molar-refractivity contribution in [2.75, 3.05) is 13.1 Å². The zero-order chi connectivity index (χ0) is 27.3. The van der Waals surface area contributed by atoms with E-state index in [4.69, 9.17) is 22.3 Å². The number of nitrogens with zero attached hydrogens (tertiary/aromatic N) is 1. The summed E-state index contributed by atoms with van der Waals surface area (Å²) < 4.78 is 0. The summed E-state index contributed by atoms with van der Waals surface area (Å²) in [6.45, 7) is -0.488. The van der Waals surface area contributed by atoms with Gasteiger partial charge in [-0.05, 0) is 37.0 Å². The summed E-state index contributed by atoms with van der Waals surface area (Å²) in [5.41, 5.74) is 16.9. The molecule has 3 amide bonds. The number of aliphatic imine (C=N–C) groups is 1. The van der Waals surface area contributed by atoms with Gasteiger partial charge in [0.25, 0.3) is 0 Å². The van der Waals surface area contributed by atoms with Crippen LogP contribution in [0.3, 0.4) is 0 Å². The van der Waals surface area contributed by atoms with Crippen molar-refractivity contribution in [1.82, 2.24) is 16.0 Å². The Morgan fingerprint density at radius 1 is 0.944 bits per heavy atom. The highest BCUT2D eigenvalue weighted by Crippen LogP contribution is 2.10. The van der Waals surface area contributed by atoms with E-state index in [9.17, 15) is 34.2 Å². The van der Waals surface area contributed by atoms with Gasteiger partial charge in [-0.2, -0.15) is 0 Å². The minimum atomic E-state index is -1.60. The third-order valence-corrected chi connectivity index (χ3v) is 4.74. The summed E-state index contributed by atoms with van der Waals surface area (Å²) in [5.74, 6) is -5.52. The maximum Gasteiger partial charge on any atom is 0.326 e. The zero-order valence-electron chi connectivity index (χ0n) is 19.3. The smallest absolute Gasteiger partial charge is 0.326 e. The number of hydrogen-bond donors (Lipinski definition) is 9. The molecular weight excluding hydrogens is 478 g/mol. The van der Waals surface area contributed by atoms with Crippen LogP contribution in [-0.4, -0.2) is 82.2 Å². The number of phenolic OH excluding ortho intramolecular Hbond substituents is 1. The number of amides is 3. The van der Waals surface area contributed by atoms with Crippen LogP contribution < -0.4 is 33.2 Å². The number of hydrogen-bond acceptors (Lipinski definition) is 8. The van der Waals surface area contributed by atoms with Crippen LogP contribution in [0.5, 0.6) is 5.75 Å². The third-order valence-electron chi connectivity index (χ3n) is 4.74. The summed E-state index contributed by atoms with van der Waals surface area (Å²) >= 11 is 0. The van der Waals surface area contributed by atoms with Crippen molar-refractivity contribution in [3.63, 3.8) is 0 Å². The van der Waals surface area contributed by atoms with Crippen molar-refractivity contribution in [2.45, 2.75) is 43.8 Å². The van der Waals surface area contributed by atoms with Gasteiger partial charge in [0.1, 0.15) is 17.8 Å². The van der Waals surface area contributed by atoms with Crippen LogP contribution in [0.2, 0.25) is 0 Å². The molecule has 198 valence electrons. The lowest BCUT2D eigenvalue weighted by Gasteiger charge is -2.20. The average Bonchev–Trinajstić information content (AvgIpc) is 2.79. The van der Waals surface area contributed by atoms with E-state index in [1.54, 1.807) is 12.1 Å². The number of aromatic hydroxyl groups is 1. The number of carbonyl (C=O) groups excluding carboxylic acids is 3. The molecule has 0 fully saturated rings. The predicted octanol–water partition coefficient (Wildman–Crippen LogP) is -3.04. The Hall–Kier alpha value is -4.40. The van der Waals surface area contributed by atoms with E-state index >= 15 is 0 Å². The van der Waals surface area contributed by atoms with Crippen molar-refractivity contribution < 1.29 is 39.3 Å². The molecule has 3 atom stereocenters. The first-order valence-corrected chi connectivity index (χ1v) is 10.8. The number of nitrogens with two attached hydrogens (primary N) is 3. The highest BCUT2D eigenvalue weighted by Gasteiger charge is 2.28. The van der Waals surface area contributed by atoms with Gasteiger partial charge in [0.2, 0.25) is 17.7 Å². The van der Waals surface area contributed by atoms with E-state index in [-0.39, 0.29) is 37.5 Å². The van der Waals surface area contributed by atoms with Crippen LogP contribution in [0.1, 0.15) is 24.8 Å². The second-order valence-corrected chi connectivity index (χ2v) is 7.76. The predicted molar refractivity (Wildman–Crippen MR) is 126 cm³/mol. The maximum atomic E-state index is 12.5. The van der Waals surface area contributed by atoms with Gasteiger partial charge in [-0.25, -0.2) is 4.79 Å². The number of nitrogens with one attached hydrogen (secondary N) is 3. The molecular formula is C21H31N7O8. The maximum absolute atomic E-state index is 12.5. The lowest BCUT2D eigenvalue weighted by molar-refractivity contribution is -0.143. The van der Waals surface area contributed by atoms with E-state index in [0.29, 0.717) is 5.56 Å². The van der Waals surface area contributed by atoms with Gasteiger partial charge in [-0.1, -0.05) is 12.1 Å². The topological polar surface area (TPSA) is 273 Å². The summed E-state index contributed by atoms with van der Waals surface area (Å²) in [5, 5.41) is 34.3. The van der Waals surface area contributed by atoms with Crippen LogP contribution in [0.4, 0.5) is 0 Å². The zero-order valence-corrected chi connectivity index (χ0v) is 19.3. The van der Waals surface area contributed by atoms with E-state index < -0.39 is 60.8 Å². The second kappa shape index (κ2) is 14.8. The van der Waals surface area contributed by atoms with Crippen molar-refractivity contribution in [3.8, 4) is 5.75 Å². The monoisotopic (exact) mass is 509 g/mol. The number of carboxylic acid groups (broad SMARTS) is 2. The molecule has 1 rings (SSSR count). The first kappa shape index (κ1) is 29.6. The SMILES string of the molecule is NC(N)=NCCCC(NC(=O)C(CC(=O)O)NC(=O)CNC(=O)C(N)Cc1ccc(O)cc1)C(=O)O. The second-order valence-electron chi connectivity index (χ2n) is 7.76. The van der Waals surface area contributed by atoms with Gasteiger partial charge >= 0.3 is 11.9 Å². The van der Waals surface area contributed by atoms with E-state index in [1.165, 1.54) is 12.1 Å². The van der Waals surface area contributed by atoms with E-state index in [2.05, 4.69) is 20.9 Å². The Bertz CT molecular complexity index is 964. The fourth-order valence-corrected chi connectivity index (χ4v) is 2.94. The number of rotatable bonds is 15. The number of benzene rings is 1. The van der Waals surface area contributed by atoms with Crippen molar-refractivity contribution >= 4 is 35.6 Å². The summed E-state index contributed by atoms with van der Waals surface area (Å²) in [7, 11) is 0. The van der Waals surface area contributed by atoms with Crippen LogP contribution in [0.25, 0.3) is 0 Å². The fourth-order valence-electron chi connectivity index (χ4n) is 2.94. The molecule has 0 saturated heterocycles. The van der Waals surface area contributed by atoms with Gasteiger partial charge in [-0.3, -0.25) is 24.2 Å². The molecule has 0 radical (unpaired) electrons. The van der Waals surface area contributed by atoms with Crippen LogP contribution >= 0.6 is 0 Å². The molecule has 36 heavy (non-hydrogen) atoms. The first-order valence-electron chi connectivity index (χ1n) is 10.8. The number of phenols is 1. The van der Waals surface area contributed by atoms with E-state index in [1.807, 2.05) is 0 Å². The summed E-state index contributed by atoms with van der Waals surface area (Å²) in [6.07, 6.45) is -0.550. The lowest BCUT2D eigenvalue weighted by Crippen LogP contribution is -2.54. The summed E-state index contributed by atoms with van der Waals surface area (Å²) in [4.78, 5) is 63.2. The van der Waals surface area contributed by atoms with Crippen LogP contribution in [0.15, 0.2) is 29.3 Å². The molecule has 1 aromatic carbocycles. The molecule has 15 nitrogen and oxygen atoms in total. The number of guanidine groups is 1. The van der Waals surface area contributed by atoms with Gasteiger partial charge in [-0.15, -0.1) is 0 Å². The molecule has 0 aliphatic carbocycles. The highest BCUT2D eigenvalue weighted by molar-refractivity contribution is 5.94. The molecule has 0 spiro atoms. The lowest BCUT2D eigenvalue weighted by atomic mass is 10.1. The molecule has 0 aromatic heterocycles. The Balaban J connectivity index is 2.65. The molecule has 12 N–H and O–H groups in total. The van der Waals surface area contributed by atoms with Crippen LogP contribution in [0, 0.1) is 0 Å². The molecule has 1 aromatic rings. The van der Waals surface area contributed by atoms with Gasteiger partial charge in [0, 0.05) is 6.54 Å². The Morgan fingerprint density at radius 2 is 1.58 bits per heavy atom. The third kappa shape index (κ3) is 11.6. The van der Waals surface area contributed by atoms with Crippen molar-refractivity contribution in [3.05, 3.63) is 29.8 Å². The van der Waals surface area contributed by atoms with Crippen molar-refractivity contribution in [2.24, 2.45) is 22.2 Å². The number of aliphatic carboxylic acids is 2.